The maximum Gasteiger partial charge on any atom is 0.0467 e. The molecule has 0 atom stereocenters. The van der Waals surface area contributed by atoms with Crippen molar-refractivity contribution in [2.45, 2.75) is 19.3 Å². The van der Waals surface area contributed by atoms with Gasteiger partial charge < -0.3 is 4.90 Å². The summed E-state index contributed by atoms with van der Waals surface area (Å²) in [5, 5.41) is 0. The molecular weight excluding hydrogens is 410 g/mol. The van der Waals surface area contributed by atoms with Crippen LogP contribution in [-0.4, -0.2) is 0 Å². The Balaban J connectivity index is 1.52. The first kappa shape index (κ1) is 20.5. The zero-order chi connectivity index (χ0) is 23.1. The molecule has 0 heterocycles. The van der Waals surface area contributed by atoms with E-state index in [-0.39, 0.29) is 5.41 Å². The van der Waals surface area contributed by atoms with Crippen LogP contribution >= 0.6 is 0 Å². The summed E-state index contributed by atoms with van der Waals surface area (Å²) in [5.41, 5.74) is 11.4. The van der Waals surface area contributed by atoms with Gasteiger partial charge >= 0.3 is 0 Å². The van der Waals surface area contributed by atoms with Crippen LogP contribution in [0.4, 0.5) is 17.1 Å². The summed E-state index contributed by atoms with van der Waals surface area (Å²) < 4.78 is 0. The molecule has 0 aliphatic heterocycles. The lowest BCUT2D eigenvalue weighted by molar-refractivity contribution is 0.660. The highest BCUT2D eigenvalue weighted by atomic mass is 15.1. The lowest BCUT2D eigenvalue weighted by Crippen LogP contribution is -2.16. The SMILES string of the molecule is CC1(C)c2ccccc2-c2ccc(N(c3ccccc3)c3cccc(-c4ccccc4)c3)cc21. The Hall–Kier alpha value is -4.10. The second-order valence-electron chi connectivity index (χ2n) is 9.49. The third-order valence-corrected chi connectivity index (χ3v) is 7.05. The van der Waals surface area contributed by atoms with Crippen molar-refractivity contribution in [2.24, 2.45) is 0 Å². The molecule has 0 amide bonds. The molecule has 0 saturated heterocycles. The molecule has 1 nitrogen and oxygen atoms in total. The molecule has 34 heavy (non-hydrogen) atoms. The Morgan fingerprint density at radius 2 is 1.03 bits per heavy atom. The molecule has 5 aromatic rings. The predicted molar refractivity (Wildman–Crippen MR) is 144 cm³/mol. The van der Waals surface area contributed by atoms with Crippen LogP contribution in [0.15, 0.2) is 127 Å². The minimum absolute atomic E-state index is 0.0316. The molecule has 0 radical (unpaired) electrons. The Kier molecular flexibility index (Phi) is 4.85. The number of hydrogen-bond acceptors (Lipinski definition) is 1. The van der Waals surface area contributed by atoms with Crippen LogP contribution in [0.2, 0.25) is 0 Å². The Morgan fingerprint density at radius 3 is 1.82 bits per heavy atom. The van der Waals surface area contributed by atoms with E-state index in [1.807, 2.05) is 0 Å². The van der Waals surface area contributed by atoms with E-state index in [1.54, 1.807) is 0 Å². The first-order chi connectivity index (χ1) is 16.6. The number of benzene rings is 5. The smallest absolute Gasteiger partial charge is 0.0467 e. The second kappa shape index (κ2) is 8.04. The molecule has 0 unspecified atom stereocenters. The summed E-state index contributed by atoms with van der Waals surface area (Å²) in [5.74, 6) is 0. The van der Waals surface area contributed by atoms with E-state index >= 15 is 0 Å². The van der Waals surface area contributed by atoms with Crippen LogP contribution in [0.5, 0.6) is 0 Å². The molecule has 5 aromatic carbocycles. The van der Waals surface area contributed by atoms with Crippen molar-refractivity contribution in [1.29, 1.82) is 0 Å². The van der Waals surface area contributed by atoms with Gasteiger partial charge in [0.1, 0.15) is 0 Å². The van der Waals surface area contributed by atoms with E-state index in [1.165, 1.54) is 39.1 Å². The van der Waals surface area contributed by atoms with Crippen molar-refractivity contribution in [3.8, 4) is 22.3 Å². The first-order valence-electron chi connectivity index (χ1n) is 11.9. The standard InChI is InChI=1S/C33H27N/c1-33(2)31-19-10-9-18-29(31)30-21-20-28(23-32(30)33)34(26-15-7-4-8-16-26)27-17-11-14-25(22-27)24-12-5-3-6-13-24/h3-23H,1-2H3. The van der Waals surface area contributed by atoms with Gasteiger partial charge in [-0.25, -0.2) is 0 Å². The number of rotatable bonds is 4. The van der Waals surface area contributed by atoms with Gasteiger partial charge in [-0.1, -0.05) is 105 Å². The van der Waals surface area contributed by atoms with Gasteiger partial charge in [0.2, 0.25) is 0 Å². The van der Waals surface area contributed by atoms with Gasteiger partial charge in [0.25, 0.3) is 0 Å². The molecule has 1 aliphatic rings. The largest absolute Gasteiger partial charge is 0.310 e. The van der Waals surface area contributed by atoms with Gasteiger partial charge in [0.05, 0.1) is 0 Å². The molecule has 0 bridgehead atoms. The Labute approximate surface area is 202 Å². The van der Waals surface area contributed by atoms with Gasteiger partial charge in [0, 0.05) is 22.5 Å². The topological polar surface area (TPSA) is 3.24 Å². The monoisotopic (exact) mass is 437 g/mol. The highest BCUT2D eigenvalue weighted by Crippen LogP contribution is 2.50. The maximum atomic E-state index is 2.39. The first-order valence-corrected chi connectivity index (χ1v) is 11.9. The second-order valence-corrected chi connectivity index (χ2v) is 9.49. The van der Waals surface area contributed by atoms with Gasteiger partial charge in [-0.05, 0) is 69.8 Å². The van der Waals surface area contributed by atoms with Gasteiger partial charge in [-0.15, -0.1) is 0 Å². The van der Waals surface area contributed by atoms with Crippen molar-refractivity contribution >= 4 is 17.1 Å². The van der Waals surface area contributed by atoms with Crippen LogP contribution in [0.3, 0.4) is 0 Å². The summed E-state index contributed by atoms with van der Waals surface area (Å²) in [4.78, 5) is 2.37. The lowest BCUT2D eigenvalue weighted by atomic mass is 9.82. The molecule has 0 saturated carbocycles. The quantitative estimate of drug-likeness (QED) is 0.271. The van der Waals surface area contributed by atoms with Crippen molar-refractivity contribution in [3.63, 3.8) is 0 Å². The Bertz CT molecular complexity index is 1470. The maximum absolute atomic E-state index is 2.39. The van der Waals surface area contributed by atoms with Crippen LogP contribution in [0, 0.1) is 0 Å². The third-order valence-electron chi connectivity index (χ3n) is 7.05. The number of fused-ring (bicyclic) bond motifs is 3. The number of nitrogens with zero attached hydrogens (tertiary/aromatic N) is 1. The fraction of sp³-hybridized carbons (Fsp3) is 0.0909. The highest BCUT2D eigenvalue weighted by Gasteiger charge is 2.35. The molecule has 164 valence electrons. The number of anilines is 3. The molecule has 0 aromatic heterocycles. The van der Waals surface area contributed by atoms with Crippen molar-refractivity contribution in [2.75, 3.05) is 4.90 Å². The number of para-hydroxylation sites is 1. The van der Waals surface area contributed by atoms with E-state index < -0.39 is 0 Å². The van der Waals surface area contributed by atoms with Gasteiger partial charge in [-0.2, -0.15) is 0 Å². The van der Waals surface area contributed by atoms with Crippen molar-refractivity contribution in [3.05, 3.63) is 139 Å². The van der Waals surface area contributed by atoms with E-state index in [0.717, 1.165) is 11.4 Å². The average molecular weight is 438 g/mol. The van der Waals surface area contributed by atoms with Crippen LogP contribution in [0.25, 0.3) is 22.3 Å². The van der Waals surface area contributed by atoms with Gasteiger partial charge in [-0.3, -0.25) is 0 Å². The van der Waals surface area contributed by atoms with Crippen LogP contribution < -0.4 is 4.90 Å². The van der Waals surface area contributed by atoms with Crippen molar-refractivity contribution in [1.82, 2.24) is 0 Å². The summed E-state index contributed by atoms with van der Waals surface area (Å²) in [7, 11) is 0. The number of hydrogen-bond donors (Lipinski definition) is 0. The van der Waals surface area contributed by atoms with Gasteiger partial charge in [0.15, 0.2) is 0 Å². The fourth-order valence-corrected chi connectivity index (χ4v) is 5.31. The molecule has 6 rings (SSSR count). The molecule has 0 fully saturated rings. The lowest BCUT2D eigenvalue weighted by Gasteiger charge is -2.28. The van der Waals surface area contributed by atoms with E-state index in [9.17, 15) is 0 Å². The van der Waals surface area contributed by atoms with Crippen molar-refractivity contribution < 1.29 is 0 Å². The predicted octanol–water partition coefficient (Wildman–Crippen LogP) is 9.13. The normalized spacial score (nSPS) is 13.2. The minimum Gasteiger partial charge on any atom is -0.310 e. The van der Waals surface area contributed by atoms with E-state index in [2.05, 4.69) is 146 Å². The Morgan fingerprint density at radius 1 is 0.441 bits per heavy atom. The fourth-order valence-electron chi connectivity index (χ4n) is 5.31. The average Bonchev–Trinajstić information content (AvgIpc) is 3.12. The summed E-state index contributed by atoms with van der Waals surface area (Å²) in [6.07, 6.45) is 0. The zero-order valence-corrected chi connectivity index (χ0v) is 19.6. The third kappa shape index (κ3) is 3.33. The molecule has 1 aliphatic carbocycles. The van der Waals surface area contributed by atoms with E-state index in [4.69, 9.17) is 0 Å². The van der Waals surface area contributed by atoms with Crippen LogP contribution in [0.1, 0.15) is 25.0 Å². The molecule has 0 spiro atoms. The summed E-state index contributed by atoms with van der Waals surface area (Å²) in [6.45, 7) is 4.68. The molecule has 1 heteroatoms. The highest BCUT2D eigenvalue weighted by molar-refractivity contribution is 5.86. The van der Waals surface area contributed by atoms with Crippen LogP contribution in [-0.2, 0) is 5.41 Å². The van der Waals surface area contributed by atoms with E-state index in [0.29, 0.717) is 0 Å². The summed E-state index contributed by atoms with van der Waals surface area (Å²) in [6, 6.07) is 45.8. The molecular formula is C33H27N. The zero-order valence-electron chi connectivity index (χ0n) is 19.6. The molecule has 0 N–H and O–H groups in total. The summed E-state index contributed by atoms with van der Waals surface area (Å²) >= 11 is 0. The minimum atomic E-state index is -0.0316.